The highest BCUT2D eigenvalue weighted by Gasteiger charge is 2.21. The lowest BCUT2D eigenvalue weighted by atomic mass is 10.2. The van der Waals surface area contributed by atoms with Gasteiger partial charge in [0.25, 0.3) is 0 Å². The van der Waals surface area contributed by atoms with E-state index in [1.54, 1.807) is 31.6 Å². The van der Waals surface area contributed by atoms with E-state index in [0.29, 0.717) is 28.5 Å². The van der Waals surface area contributed by atoms with Crippen LogP contribution >= 0.6 is 0 Å². The summed E-state index contributed by atoms with van der Waals surface area (Å²) in [5.74, 6) is -1.68. The summed E-state index contributed by atoms with van der Waals surface area (Å²) in [4.78, 5) is 19.9. The molecule has 1 aliphatic rings. The summed E-state index contributed by atoms with van der Waals surface area (Å²) in [6, 6.07) is 4.79. The van der Waals surface area contributed by atoms with Crippen molar-refractivity contribution < 1.29 is 17.9 Å². The molecule has 0 amide bonds. The summed E-state index contributed by atoms with van der Waals surface area (Å²) in [6.45, 7) is 3.11. The number of halogens is 3. The molecule has 1 saturated heterocycles. The highest BCUT2D eigenvalue weighted by molar-refractivity contribution is 5.95. The number of nitrogens with one attached hydrogen (secondary N) is 2. The smallest absolute Gasteiger partial charge is 0.185 e. The van der Waals surface area contributed by atoms with Gasteiger partial charge in [-0.15, -0.1) is 0 Å². The molecular formula is C23H20F3N7O. The number of hydrogen-bond donors (Lipinski definition) is 2. The lowest BCUT2D eigenvalue weighted by Crippen LogP contribution is -2.44. The van der Waals surface area contributed by atoms with Crippen LogP contribution in [0.2, 0.25) is 0 Å². The second-order valence-corrected chi connectivity index (χ2v) is 7.62. The molecule has 0 aliphatic carbocycles. The van der Waals surface area contributed by atoms with Crippen LogP contribution in [-0.4, -0.2) is 53.2 Å². The van der Waals surface area contributed by atoms with Gasteiger partial charge in [-0.05, 0) is 24.3 Å². The highest BCUT2D eigenvalue weighted by atomic mass is 19.2. The minimum absolute atomic E-state index is 0.108. The first-order valence-corrected chi connectivity index (χ1v) is 10.6. The SMILES string of the molecule is COc1cncc2nc(-c3ccnc(Nc4c(F)ccc(F)c4F)c3)nc(N3CCNCC3)c12. The normalized spacial score (nSPS) is 13.8. The maximum absolute atomic E-state index is 14.1. The van der Waals surface area contributed by atoms with Gasteiger partial charge < -0.3 is 20.3 Å². The van der Waals surface area contributed by atoms with Crippen LogP contribution in [0.3, 0.4) is 0 Å². The molecule has 4 aromatic rings. The Hall–Kier alpha value is -3.99. The van der Waals surface area contributed by atoms with Gasteiger partial charge >= 0.3 is 0 Å². The Kier molecular flexibility index (Phi) is 5.84. The summed E-state index contributed by atoms with van der Waals surface area (Å²) in [5.41, 5.74) is 0.516. The van der Waals surface area contributed by atoms with E-state index in [0.717, 1.165) is 43.7 Å². The molecule has 11 heteroatoms. The number of benzene rings is 1. The molecule has 0 radical (unpaired) electrons. The van der Waals surface area contributed by atoms with Crippen LogP contribution in [0, 0.1) is 17.5 Å². The molecule has 34 heavy (non-hydrogen) atoms. The maximum Gasteiger partial charge on any atom is 0.185 e. The Balaban J connectivity index is 1.59. The lowest BCUT2D eigenvalue weighted by molar-refractivity contribution is 0.418. The second-order valence-electron chi connectivity index (χ2n) is 7.62. The predicted molar refractivity (Wildman–Crippen MR) is 122 cm³/mol. The van der Waals surface area contributed by atoms with Gasteiger partial charge in [-0.1, -0.05) is 0 Å². The van der Waals surface area contributed by atoms with Crippen LogP contribution in [-0.2, 0) is 0 Å². The molecule has 0 unspecified atom stereocenters. The molecule has 5 rings (SSSR count). The number of pyridine rings is 2. The Morgan fingerprint density at radius 3 is 2.62 bits per heavy atom. The molecule has 4 heterocycles. The first-order valence-electron chi connectivity index (χ1n) is 10.6. The van der Waals surface area contributed by atoms with E-state index in [4.69, 9.17) is 9.72 Å². The molecule has 1 fully saturated rings. The molecule has 3 aromatic heterocycles. The first kappa shape index (κ1) is 21.8. The number of anilines is 3. The largest absolute Gasteiger partial charge is 0.494 e. The van der Waals surface area contributed by atoms with Gasteiger partial charge in [-0.25, -0.2) is 28.1 Å². The van der Waals surface area contributed by atoms with Crippen molar-refractivity contribution >= 4 is 28.2 Å². The van der Waals surface area contributed by atoms with E-state index >= 15 is 0 Å². The van der Waals surface area contributed by atoms with Gasteiger partial charge in [0.1, 0.15) is 28.9 Å². The zero-order chi connectivity index (χ0) is 23.7. The Bertz CT molecular complexity index is 1360. The number of methoxy groups -OCH3 is 1. The van der Waals surface area contributed by atoms with Crippen molar-refractivity contribution in [3.63, 3.8) is 0 Å². The lowest BCUT2D eigenvalue weighted by Gasteiger charge is -2.29. The standard InChI is InChI=1S/C23H20F3N7O/c1-34-17-12-28-11-16-19(17)23(33-8-6-27-7-9-33)32-22(30-16)13-4-5-29-18(10-13)31-21-15(25)3-2-14(24)20(21)26/h2-5,10-12,27H,6-9H2,1H3,(H,29,31). The number of ether oxygens (including phenoxy) is 1. The van der Waals surface area contributed by atoms with Crippen molar-refractivity contribution in [3.8, 4) is 17.1 Å². The third-order valence-electron chi connectivity index (χ3n) is 5.50. The van der Waals surface area contributed by atoms with Crippen LogP contribution in [0.1, 0.15) is 0 Å². The van der Waals surface area contributed by atoms with Gasteiger partial charge in [0.05, 0.1) is 30.4 Å². The summed E-state index contributed by atoms with van der Waals surface area (Å²) in [5, 5.41) is 6.58. The van der Waals surface area contributed by atoms with Gasteiger partial charge in [0.15, 0.2) is 17.5 Å². The zero-order valence-corrected chi connectivity index (χ0v) is 18.1. The van der Waals surface area contributed by atoms with Crippen molar-refractivity contribution in [2.45, 2.75) is 0 Å². The zero-order valence-electron chi connectivity index (χ0n) is 18.1. The average Bonchev–Trinajstić information content (AvgIpc) is 2.88. The van der Waals surface area contributed by atoms with Crippen LogP contribution in [0.25, 0.3) is 22.3 Å². The molecule has 174 valence electrons. The van der Waals surface area contributed by atoms with Crippen LogP contribution in [0.5, 0.6) is 5.75 Å². The highest BCUT2D eigenvalue weighted by Crippen LogP contribution is 2.34. The van der Waals surface area contributed by atoms with Crippen LogP contribution in [0.15, 0.2) is 42.9 Å². The van der Waals surface area contributed by atoms with Gasteiger partial charge in [0.2, 0.25) is 0 Å². The molecule has 2 N–H and O–H groups in total. The van der Waals surface area contributed by atoms with Crippen LogP contribution in [0.4, 0.5) is 30.5 Å². The van der Waals surface area contributed by atoms with Gasteiger partial charge in [-0.3, -0.25) is 4.98 Å². The fourth-order valence-electron chi connectivity index (χ4n) is 3.83. The minimum atomic E-state index is -1.33. The third kappa shape index (κ3) is 4.05. The number of piperazine rings is 1. The fraction of sp³-hybridized carbons (Fsp3) is 0.217. The molecule has 1 aliphatic heterocycles. The molecule has 0 saturated carbocycles. The third-order valence-corrected chi connectivity index (χ3v) is 5.50. The maximum atomic E-state index is 14.1. The Morgan fingerprint density at radius 2 is 1.82 bits per heavy atom. The van der Waals surface area contributed by atoms with Crippen molar-refractivity contribution in [3.05, 3.63) is 60.3 Å². The number of aromatic nitrogens is 4. The van der Waals surface area contributed by atoms with Crippen molar-refractivity contribution in [1.29, 1.82) is 0 Å². The number of nitrogens with zero attached hydrogens (tertiary/aromatic N) is 5. The molecule has 1 aromatic carbocycles. The molecule has 0 bridgehead atoms. The second kappa shape index (κ2) is 9.10. The summed E-state index contributed by atoms with van der Waals surface area (Å²) >= 11 is 0. The fourth-order valence-corrected chi connectivity index (χ4v) is 3.83. The minimum Gasteiger partial charge on any atom is -0.494 e. The van der Waals surface area contributed by atoms with E-state index < -0.39 is 23.1 Å². The van der Waals surface area contributed by atoms with Crippen molar-refractivity contribution in [2.75, 3.05) is 43.5 Å². The van der Waals surface area contributed by atoms with E-state index in [9.17, 15) is 13.2 Å². The summed E-state index contributed by atoms with van der Waals surface area (Å²) in [6.07, 6.45) is 4.70. The van der Waals surface area contributed by atoms with Gasteiger partial charge in [-0.2, -0.15) is 0 Å². The van der Waals surface area contributed by atoms with Crippen molar-refractivity contribution in [2.24, 2.45) is 0 Å². The number of rotatable bonds is 5. The Morgan fingerprint density at radius 1 is 1.03 bits per heavy atom. The topological polar surface area (TPSA) is 88.1 Å². The average molecular weight is 467 g/mol. The van der Waals surface area contributed by atoms with E-state index in [1.165, 1.54) is 6.20 Å². The molecular weight excluding hydrogens is 447 g/mol. The van der Waals surface area contributed by atoms with Crippen molar-refractivity contribution in [1.82, 2.24) is 25.3 Å². The van der Waals surface area contributed by atoms with E-state index in [-0.39, 0.29) is 5.82 Å². The predicted octanol–water partition coefficient (Wildman–Crippen LogP) is 3.67. The molecule has 0 atom stereocenters. The Labute approximate surface area is 192 Å². The first-order chi connectivity index (χ1) is 16.5. The molecule has 0 spiro atoms. The van der Waals surface area contributed by atoms with Gasteiger partial charge in [0, 0.05) is 37.9 Å². The van der Waals surface area contributed by atoms with E-state index in [2.05, 4.69) is 30.5 Å². The molecule has 8 nitrogen and oxygen atoms in total. The summed E-state index contributed by atoms with van der Waals surface area (Å²) < 4.78 is 47.3. The monoisotopic (exact) mass is 467 g/mol. The number of fused-ring (bicyclic) bond motifs is 1. The summed E-state index contributed by atoms with van der Waals surface area (Å²) in [7, 11) is 1.57. The van der Waals surface area contributed by atoms with E-state index in [1.807, 2.05) is 0 Å². The van der Waals surface area contributed by atoms with Crippen LogP contribution < -0.4 is 20.3 Å². The quantitative estimate of drug-likeness (QED) is 0.430. The number of hydrogen-bond acceptors (Lipinski definition) is 8.